The molecule has 0 saturated carbocycles. The highest BCUT2D eigenvalue weighted by atomic mass is 19.1. The van der Waals surface area contributed by atoms with Crippen LogP contribution in [0.3, 0.4) is 0 Å². The van der Waals surface area contributed by atoms with Crippen molar-refractivity contribution in [3.05, 3.63) is 72.0 Å². The van der Waals surface area contributed by atoms with Crippen LogP contribution in [0.1, 0.15) is 24.3 Å². The van der Waals surface area contributed by atoms with Gasteiger partial charge in [0.15, 0.2) is 0 Å². The van der Waals surface area contributed by atoms with E-state index in [0.29, 0.717) is 30.8 Å². The van der Waals surface area contributed by atoms with Gasteiger partial charge in [-0.25, -0.2) is 4.39 Å². The standard InChI is InChI=1S/C25H25FN4O2/c1-29-16-18(19-8-3-5-11-22(19)29)14-24(31)30-12-6-7-17(15-30)13-23-27-25(28-32-23)20-9-2-4-10-21(20)26/h2-5,8-11,16-17H,6-7,12-15H2,1H3/t17-/m0/s1. The number of rotatable bonds is 5. The van der Waals surface area contributed by atoms with E-state index in [1.807, 2.05) is 30.3 Å². The minimum absolute atomic E-state index is 0.142. The second-order valence-electron chi connectivity index (χ2n) is 8.50. The van der Waals surface area contributed by atoms with Gasteiger partial charge in [0.1, 0.15) is 5.82 Å². The molecule has 7 heteroatoms. The van der Waals surface area contributed by atoms with Gasteiger partial charge in [-0.05, 0) is 42.5 Å². The molecule has 1 atom stereocenters. The number of benzene rings is 2. The van der Waals surface area contributed by atoms with Crippen LogP contribution in [0.5, 0.6) is 0 Å². The summed E-state index contributed by atoms with van der Waals surface area (Å²) in [7, 11) is 2.01. The summed E-state index contributed by atoms with van der Waals surface area (Å²) in [5.74, 6) is 0.759. The van der Waals surface area contributed by atoms with Crippen molar-refractivity contribution in [2.24, 2.45) is 13.0 Å². The van der Waals surface area contributed by atoms with Crippen LogP contribution in [0.25, 0.3) is 22.3 Å². The summed E-state index contributed by atoms with van der Waals surface area (Å²) in [5, 5.41) is 5.07. The largest absolute Gasteiger partial charge is 0.350 e. The molecule has 0 N–H and O–H groups in total. The number of hydrogen-bond donors (Lipinski definition) is 0. The summed E-state index contributed by atoms with van der Waals surface area (Å²) >= 11 is 0. The second kappa shape index (κ2) is 8.57. The lowest BCUT2D eigenvalue weighted by atomic mass is 9.94. The molecule has 2 aromatic carbocycles. The van der Waals surface area contributed by atoms with E-state index >= 15 is 0 Å². The topological polar surface area (TPSA) is 64.2 Å². The van der Waals surface area contributed by atoms with Gasteiger partial charge in [-0.1, -0.05) is 35.5 Å². The zero-order chi connectivity index (χ0) is 22.1. The number of likely N-dealkylation sites (tertiary alicyclic amines) is 1. The van der Waals surface area contributed by atoms with Gasteiger partial charge in [0.05, 0.1) is 12.0 Å². The van der Waals surface area contributed by atoms with E-state index in [1.165, 1.54) is 6.07 Å². The van der Waals surface area contributed by atoms with Gasteiger partial charge < -0.3 is 14.0 Å². The number of halogens is 1. The lowest BCUT2D eigenvalue weighted by Gasteiger charge is -2.32. The van der Waals surface area contributed by atoms with E-state index in [-0.39, 0.29) is 23.5 Å². The Morgan fingerprint density at radius 2 is 2.00 bits per heavy atom. The molecule has 1 saturated heterocycles. The molecule has 3 heterocycles. The first kappa shape index (κ1) is 20.4. The van der Waals surface area contributed by atoms with Crippen molar-refractivity contribution in [2.75, 3.05) is 13.1 Å². The molecule has 1 aliphatic heterocycles. The highest BCUT2D eigenvalue weighted by Crippen LogP contribution is 2.25. The number of nitrogens with zero attached hydrogens (tertiary/aromatic N) is 4. The maximum Gasteiger partial charge on any atom is 0.227 e. The molecule has 0 unspecified atom stereocenters. The number of aromatic nitrogens is 3. The van der Waals surface area contributed by atoms with Crippen LogP contribution >= 0.6 is 0 Å². The fourth-order valence-electron chi connectivity index (χ4n) is 4.64. The molecular weight excluding hydrogens is 407 g/mol. The SMILES string of the molecule is Cn1cc(CC(=O)N2CCC[C@@H](Cc3nc(-c4ccccc4F)no3)C2)c2ccccc21. The molecule has 2 aromatic heterocycles. The first-order valence-corrected chi connectivity index (χ1v) is 11.0. The van der Waals surface area contributed by atoms with Crippen molar-refractivity contribution in [3.8, 4) is 11.4 Å². The average Bonchev–Trinajstić information content (AvgIpc) is 3.39. The number of amides is 1. The fraction of sp³-hybridized carbons (Fsp3) is 0.320. The van der Waals surface area contributed by atoms with Gasteiger partial charge >= 0.3 is 0 Å². The summed E-state index contributed by atoms with van der Waals surface area (Å²) in [4.78, 5) is 19.4. The number of aryl methyl sites for hydroxylation is 1. The minimum atomic E-state index is -0.372. The highest BCUT2D eigenvalue weighted by molar-refractivity contribution is 5.89. The first-order valence-electron chi connectivity index (χ1n) is 11.0. The molecular formula is C25H25FN4O2. The molecule has 0 spiro atoms. The van der Waals surface area contributed by atoms with Crippen LogP contribution < -0.4 is 0 Å². The smallest absolute Gasteiger partial charge is 0.227 e. The normalized spacial score (nSPS) is 16.6. The molecule has 5 rings (SSSR count). The number of hydrogen-bond acceptors (Lipinski definition) is 4. The number of carbonyl (C=O) groups is 1. The fourth-order valence-corrected chi connectivity index (χ4v) is 4.64. The predicted octanol–water partition coefficient (Wildman–Crippen LogP) is 4.39. The molecule has 6 nitrogen and oxygen atoms in total. The molecule has 0 aliphatic carbocycles. The molecule has 164 valence electrons. The zero-order valence-electron chi connectivity index (χ0n) is 18.0. The van der Waals surface area contributed by atoms with Gasteiger partial charge in [0.25, 0.3) is 0 Å². The Labute approximate surface area is 185 Å². The summed E-state index contributed by atoms with van der Waals surface area (Å²) < 4.78 is 21.4. The lowest BCUT2D eigenvalue weighted by Crippen LogP contribution is -2.41. The van der Waals surface area contributed by atoms with Gasteiger partial charge in [-0.3, -0.25) is 4.79 Å². The summed E-state index contributed by atoms with van der Waals surface area (Å²) in [6.45, 7) is 1.44. The van der Waals surface area contributed by atoms with E-state index in [1.54, 1.807) is 18.2 Å². The number of para-hydroxylation sites is 1. The van der Waals surface area contributed by atoms with Crippen molar-refractivity contribution < 1.29 is 13.7 Å². The highest BCUT2D eigenvalue weighted by Gasteiger charge is 2.26. The first-order chi connectivity index (χ1) is 15.6. The number of fused-ring (bicyclic) bond motifs is 1. The molecule has 1 fully saturated rings. The van der Waals surface area contributed by atoms with E-state index in [4.69, 9.17) is 4.52 Å². The van der Waals surface area contributed by atoms with Crippen molar-refractivity contribution >= 4 is 16.8 Å². The Morgan fingerprint density at radius 1 is 1.19 bits per heavy atom. The minimum Gasteiger partial charge on any atom is -0.350 e. The average molecular weight is 432 g/mol. The monoisotopic (exact) mass is 432 g/mol. The Kier molecular flexibility index (Phi) is 5.47. The predicted molar refractivity (Wildman–Crippen MR) is 119 cm³/mol. The Morgan fingerprint density at radius 3 is 2.88 bits per heavy atom. The van der Waals surface area contributed by atoms with Crippen LogP contribution in [0.4, 0.5) is 4.39 Å². The Balaban J connectivity index is 1.25. The van der Waals surface area contributed by atoms with Crippen LogP contribution in [0, 0.1) is 11.7 Å². The number of carbonyl (C=O) groups excluding carboxylic acids is 1. The maximum atomic E-state index is 14.0. The second-order valence-corrected chi connectivity index (χ2v) is 8.50. The maximum absolute atomic E-state index is 14.0. The van der Waals surface area contributed by atoms with Crippen molar-refractivity contribution in [2.45, 2.75) is 25.7 Å². The van der Waals surface area contributed by atoms with E-state index < -0.39 is 0 Å². The van der Waals surface area contributed by atoms with Crippen molar-refractivity contribution in [3.63, 3.8) is 0 Å². The van der Waals surface area contributed by atoms with Gasteiger partial charge in [-0.15, -0.1) is 0 Å². The Bertz CT molecular complexity index is 1260. The molecule has 32 heavy (non-hydrogen) atoms. The molecule has 0 radical (unpaired) electrons. The third-order valence-corrected chi connectivity index (χ3v) is 6.24. The van der Waals surface area contributed by atoms with Crippen molar-refractivity contribution in [1.29, 1.82) is 0 Å². The summed E-state index contributed by atoms with van der Waals surface area (Å²) in [6, 6.07) is 14.6. The molecule has 0 bridgehead atoms. The zero-order valence-corrected chi connectivity index (χ0v) is 18.0. The quantitative estimate of drug-likeness (QED) is 0.469. The van der Waals surface area contributed by atoms with Crippen LogP contribution in [0.15, 0.2) is 59.3 Å². The van der Waals surface area contributed by atoms with Gasteiger partial charge in [0, 0.05) is 43.7 Å². The third kappa shape index (κ3) is 4.02. The van der Waals surface area contributed by atoms with Crippen LogP contribution in [0.2, 0.25) is 0 Å². The summed E-state index contributed by atoms with van der Waals surface area (Å²) in [6.07, 6.45) is 4.97. The van der Waals surface area contributed by atoms with E-state index in [2.05, 4.69) is 26.8 Å². The van der Waals surface area contributed by atoms with Gasteiger partial charge in [-0.2, -0.15) is 4.98 Å². The molecule has 1 aliphatic rings. The van der Waals surface area contributed by atoms with Gasteiger partial charge in [0.2, 0.25) is 17.6 Å². The molecule has 4 aromatic rings. The van der Waals surface area contributed by atoms with Crippen LogP contribution in [-0.4, -0.2) is 38.6 Å². The van der Waals surface area contributed by atoms with E-state index in [9.17, 15) is 9.18 Å². The van der Waals surface area contributed by atoms with Crippen molar-refractivity contribution in [1.82, 2.24) is 19.6 Å². The van der Waals surface area contributed by atoms with Crippen LogP contribution in [-0.2, 0) is 24.7 Å². The Hall–Kier alpha value is -3.48. The van der Waals surface area contributed by atoms with E-state index in [0.717, 1.165) is 35.9 Å². The lowest BCUT2D eigenvalue weighted by molar-refractivity contribution is -0.132. The molecule has 1 amide bonds. The third-order valence-electron chi connectivity index (χ3n) is 6.24. The summed E-state index contributed by atoms with van der Waals surface area (Å²) in [5.41, 5.74) is 2.52. The number of piperidine rings is 1.